The van der Waals surface area contributed by atoms with Crippen LogP contribution in [-0.4, -0.2) is 84.5 Å². The number of amides is 1. The van der Waals surface area contributed by atoms with E-state index in [1.54, 1.807) is 33.5 Å². The first kappa shape index (κ1) is 24.3. The van der Waals surface area contributed by atoms with Crippen molar-refractivity contribution in [3.05, 3.63) is 35.4 Å². The van der Waals surface area contributed by atoms with Gasteiger partial charge in [-0.25, -0.2) is 0 Å². The minimum Gasteiger partial charge on any atom is -0.496 e. The van der Waals surface area contributed by atoms with Crippen molar-refractivity contribution < 1.29 is 33.2 Å². The van der Waals surface area contributed by atoms with Gasteiger partial charge in [-0.15, -0.1) is 0 Å². The van der Waals surface area contributed by atoms with Gasteiger partial charge in [0.25, 0.3) is 5.91 Å². The fourth-order valence-corrected chi connectivity index (χ4v) is 3.95. The molecule has 3 rings (SSSR count). The fourth-order valence-electron chi connectivity index (χ4n) is 3.95. The smallest absolute Gasteiger partial charge is 0.254 e. The Morgan fingerprint density at radius 3 is 1.67 bits per heavy atom. The Balaban J connectivity index is 1.70. The lowest BCUT2D eigenvalue weighted by Crippen LogP contribution is -2.48. The molecule has 2 aromatic rings. The summed E-state index contributed by atoms with van der Waals surface area (Å²) in [5.41, 5.74) is 1.50. The minimum atomic E-state index is -0.0717. The Morgan fingerprint density at radius 1 is 0.667 bits per heavy atom. The van der Waals surface area contributed by atoms with Crippen molar-refractivity contribution in [3.8, 4) is 34.5 Å². The van der Waals surface area contributed by atoms with Gasteiger partial charge in [0.2, 0.25) is 5.75 Å². The molecular formula is C24H32N2O7. The quantitative estimate of drug-likeness (QED) is 0.565. The SMILES string of the molecule is COc1cc(OC)c(OC)cc1CN1CCN(C(=O)c2cc(OC)c(OC)c(OC)c2)CC1. The molecule has 9 nitrogen and oxygen atoms in total. The summed E-state index contributed by atoms with van der Waals surface area (Å²) in [6.45, 7) is 3.34. The van der Waals surface area contributed by atoms with Gasteiger partial charge in [0.15, 0.2) is 23.0 Å². The Bertz CT molecular complexity index is 947. The summed E-state index contributed by atoms with van der Waals surface area (Å²) >= 11 is 0. The van der Waals surface area contributed by atoms with Gasteiger partial charge in [-0.3, -0.25) is 9.69 Å². The van der Waals surface area contributed by atoms with Gasteiger partial charge in [0.05, 0.1) is 42.7 Å². The second kappa shape index (κ2) is 11.0. The highest BCUT2D eigenvalue weighted by Gasteiger charge is 2.25. The predicted octanol–water partition coefficient (Wildman–Crippen LogP) is 2.70. The first-order valence-electron chi connectivity index (χ1n) is 10.6. The van der Waals surface area contributed by atoms with Gasteiger partial charge in [-0.2, -0.15) is 0 Å². The maximum Gasteiger partial charge on any atom is 0.254 e. The number of benzene rings is 2. The Morgan fingerprint density at radius 2 is 1.18 bits per heavy atom. The summed E-state index contributed by atoms with van der Waals surface area (Å²) in [4.78, 5) is 17.3. The molecular weight excluding hydrogens is 428 g/mol. The van der Waals surface area contributed by atoms with E-state index in [0.717, 1.165) is 24.4 Å². The molecule has 1 aliphatic rings. The molecule has 1 heterocycles. The number of methoxy groups -OCH3 is 6. The first-order valence-corrected chi connectivity index (χ1v) is 10.6. The van der Waals surface area contributed by atoms with Gasteiger partial charge in [0, 0.05) is 49.9 Å². The van der Waals surface area contributed by atoms with E-state index in [4.69, 9.17) is 28.4 Å². The summed E-state index contributed by atoms with van der Waals surface area (Å²) < 4.78 is 32.5. The monoisotopic (exact) mass is 460 g/mol. The number of rotatable bonds is 9. The van der Waals surface area contributed by atoms with Crippen LogP contribution >= 0.6 is 0 Å². The van der Waals surface area contributed by atoms with Crippen LogP contribution in [0.3, 0.4) is 0 Å². The molecule has 0 radical (unpaired) electrons. The van der Waals surface area contributed by atoms with Crippen LogP contribution in [0.2, 0.25) is 0 Å². The van der Waals surface area contributed by atoms with Crippen molar-refractivity contribution in [2.45, 2.75) is 6.54 Å². The van der Waals surface area contributed by atoms with E-state index in [1.807, 2.05) is 17.0 Å². The summed E-state index contributed by atoms with van der Waals surface area (Å²) in [6.07, 6.45) is 0. The van der Waals surface area contributed by atoms with Gasteiger partial charge in [-0.05, 0) is 18.2 Å². The van der Waals surface area contributed by atoms with E-state index in [-0.39, 0.29) is 5.91 Å². The van der Waals surface area contributed by atoms with Crippen LogP contribution in [0.25, 0.3) is 0 Å². The first-order chi connectivity index (χ1) is 16.0. The van der Waals surface area contributed by atoms with Crippen LogP contribution in [0, 0.1) is 0 Å². The molecule has 0 aliphatic carbocycles. The van der Waals surface area contributed by atoms with Crippen molar-refractivity contribution in [2.24, 2.45) is 0 Å². The van der Waals surface area contributed by atoms with E-state index in [0.29, 0.717) is 53.9 Å². The Hall–Kier alpha value is -3.33. The molecule has 0 aromatic heterocycles. The van der Waals surface area contributed by atoms with Crippen molar-refractivity contribution in [3.63, 3.8) is 0 Å². The van der Waals surface area contributed by atoms with Crippen LogP contribution in [0.1, 0.15) is 15.9 Å². The maximum atomic E-state index is 13.2. The molecule has 1 aliphatic heterocycles. The maximum absolute atomic E-state index is 13.2. The third-order valence-electron chi connectivity index (χ3n) is 5.75. The van der Waals surface area contributed by atoms with Crippen molar-refractivity contribution in [2.75, 3.05) is 68.8 Å². The molecule has 0 bridgehead atoms. The summed E-state index contributed by atoms with van der Waals surface area (Å²) in [6, 6.07) is 7.14. The molecule has 1 fully saturated rings. The lowest BCUT2D eigenvalue weighted by Gasteiger charge is -2.35. The topological polar surface area (TPSA) is 78.9 Å². The number of carbonyl (C=O) groups excluding carboxylic acids is 1. The number of hydrogen-bond acceptors (Lipinski definition) is 8. The molecule has 33 heavy (non-hydrogen) atoms. The van der Waals surface area contributed by atoms with Gasteiger partial charge < -0.3 is 33.3 Å². The second-order valence-corrected chi connectivity index (χ2v) is 7.50. The molecule has 0 N–H and O–H groups in total. The Labute approximate surface area is 194 Å². The average Bonchev–Trinajstić information content (AvgIpc) is 2.87. The summed E-state index contributed by atoms with van der Waals surface area (Å²) in [7, 11) is 9.45. The molecule has 180 valence electrons. The molecule has 1 saturated heterocycles. The van der Waals surface area contributed by atoms with E-state index in [1.165, 1.54) is 21.3 Å². The zero-order valence-corrected chi connectivity index (χ0v) is 20.1. The van der Waals surface area contributed by atoms with Crippen LogP contribution < -0.4 is 28.4 Å². The molecule has 0 atom stereocenters. The van der Waals surface area contributed by atoms with Gasteiger partial charge in [-0.1, -0.05) is 0 Å². The molecule has 1 amide bonds. The summed E-state index contributed by atoms with van der Waals surface area (Å²) in [5, 5.41) is 0. The minimum absolute atomic E-state index is 0.0717. The Kier molecular flexibility index (Phi) is 8.11. The molecule has 0 saturated carbocycles. The molecule has 9 heteroatoms. The summed E-state index contributed by atoms with van der Waals surface area (Å²) in [5.74, 6) is 3.33. The average molecular weight is 461 g/mol. The zero-order valence-electron chi connectivity index (χ0n) is 20.1. The molecule has 2 aromatic carbocycles. The van der Waals surface area contributed by atoms with Crippen LogP contribution in [0.15, 0.2) is 24.3 Å². The van der Waals surface area contributed by atoms with Crippen LogP contribution in [0.5, 0.6) is 34.5 Å². The van der Waals surface area contributed by atoms with E-state index in [9.17, 15) is 4.79 Å². The lowest BCUT2D eigenvalue weighted by molar-refractivity contribution is 0.0626. The fraction of sp³-hybridized carbons (Fsp3) is 0.458. The van der Waals surface area contributed by atoms with E-state index < -0.39 is 0 Å². The molecule has 0 spiro atoms. The van der Waals surface area contributed by atoms with Crippen LogP contribution in [0.4, 0.5) is 0 Å². The zero-order chi connectivity index (χ0) is 24.0. The number of nitrogens with zero attached hydrogens (tertiary/aromatic N) is 2. The number of ether oxygens (including phenoxy) is 6. The lowest BCUT2D eigenvalue weighted by atomic mass is 10.1. The third-order valence-corrected chi connectivity index (χ3v) is 5.75. The van der Waals surface area contributed by atoms with Crippen molar-refractivity contribution in [1.82, 2.24) is 9.80 Å². The highest BCUT2D eigenvalue weighted by atomic mass is 16.5. The van der Waals surface area contributed by atoms with E-state index >= 15 is 0 Å². The second-order valence-electron chi connectivity index (χ2n) is 7.50. The van der Waals surface area contributed by atoms with Crippen LogP contribution in [-0.2, 0) is 6.54 Å². The highest BCUT2D eigenvalue weighted by molar-refractivity contribution is 5.95. The molecule has 0 unspecified atom stereocenters. The number of hydrogen-bond donors (Lipinski definition) is 0. The largest absolute Gasteiger partial charge is 0.496 e. The predicted molar refractivity (Wildman–Crippen MR) is 123 cm³/mol. The van der Waals surface area contributed by atoms with Gasteiger partial charge >= 0.3 is 0 Å². The van der Waals surface area contributed by atoms with Crippen molar-refractivity contribution >= 4 is 5.91 Å². The number of piperazine rings is 1. The highest BCUT2D eigenvalue weighted by Crippen LogP contribution is 2.39. The van der Waals surface area contributed by atoms with Crippen molar-refractivity contribution in [1.29, 1.82) is 0 Å². The normalized spacial score (nSPS) is 13.9. The van der Waals surface area contributed by atoms with Gasteiger partial charge in [0.1, 0.15) is 5.75 Å². The van der Waals surface area contributed by atoms with E-state index in [2.05, 4.69) is 4.90 Å². The number of carbonyl (C=O) groups is 1. The third kappa shape index (κ3) is 5.19. The standard InChI is InChI=1S/C24H32N2O7/c1-28-18-14-20(30-3)19(29-2)13-17(18)15-25-7-9-26(10-8-25)24(27)16-11-21(31-4)23(33-6)22(12-16)32-5/h11-14H,7-10,15H2,1-6H3.